The molecule has 0 bridgehead atoms. The number of nitrogens with one attached hydrogen (secondary N) is 2. The van der Waals surface area contributed by atoms with E-state index in [0.29, 0.717) is 6.04 Å². The molecule has 0 saturated carbocycles. The number of aliphatic imine (C=N–C) groups is 1. The zero-order valence-electron chi connectivity index (χ0n) is 9.79. The Hall–Kier alpha value is -0.810. The third-order valence-electron chi connectivity index (χ3n) is 2.60. The lowest BCUT2D eigenvalue weighted by Gasteiger charge is -2.30. The Morgan fingerprint density at radius 1 is 1.60 bits per heavy atom. The standard InChI is InChI=1S/C10H23N5/c1-3-6-12-10(14-11)13-9-5-4-7-15(2)8-9/h9H,3-8,11H2,1-2H3,(H2,12,13,14). The second-order valence-corrected chi connectivity index (χ2v) is 4.12. The van der Waals surface area contributed by atoms with Crippen molar-refractivity contribution in [1.82, 2.24) is 15.6 Å². The van der Waals surface area contributed by atoms with Crippen molar-refractivity contribution in [3.8, 4) is 0 Å². The van der Waals surface area contributed by atoms with E-state index in [2.05, 4.69) is 34.6 Å². The van der Waals surface area contributed by atoms with Crippen molar-refractivity contribution in [3.05, 3.63) is 0 Å². The maximum absolute atomic E-state index is 5.41. The number of likely N-dealkylation sites (N-methyl/N-ethyl adjacent to an activating group) is 1. The molecular formula is C10H23N5. The summed E-state index contributed by atoms with van der Waals surface area (Å²) in [6.07, 6.45) is 3.47. The minimum Gasteiger partial charge on any atom is -0.351 e. The summed E-state index contributed by atoms with van der Waals surface area (Å²) in [6, 6.07) is 0.468. The number of hydrazine groups is 1. The highest BCUT2D eigenvalue weighted by Crippen LogP contribution is 2.07. The number of hydrogen-bond acceptors (Lipinski definition) is 3. The summed E-state index contributed by atoms with van der Waals surface area (Å²) >= 11 is 0. The summed E-state index contributed by atoms with van der Waals surface area (Å²) in [5, 5.41) is 3.34. The van der Waals surface area contributed by atoms with E-state index in [1.54, 1.807) is 0 Å². The maximum atomic E-state index is 5.41. The molecule has 5 heteroatoms. The van der Waals surface area contributed by atoms with E-state index >= 15 is 0 Å². The molecule has 1 aliphatic rings. The van der Waals surface area contributed by atoms with Gasteiger partial charge in [0.05, 0.1) is 0 Å². The van der Waals surface area contributed by atoms with Crippen LogP contribution in [-0.2, 0) is 0 Å². The van der Waals surface area contributed by atoms with Gasteiger partial charge in [-0.1, -0.05) is 6.92 Å². The van der Waals surface area contributed by atoms with E-state index in [1.165, 1.54) is 19.4 Å². The maximum Gasteiger partial charge on any atom is 0.205 e. The Balaban J connectivity index is 2.36. The topological polar surface area (TPSA) is 65.7 Å². The molecule has 0 aromatic heterocycles. The van der Waals surface area contributed by atoms with Gasteiger partial charge >= 0.3 is 0 Å². The van der Waals surface area contributed by atoms with Crippen LogP contribution >= 0.6 is 0 Å². The van der Waals surface area contributed by atoms with E-state index in [0.717, 1.165) is 25.5 Å². The fourth-order valence-electron chi connectivity index (χ4n) is 1.83. The van der Waals surface area contributed by atoms with Gasteiger partial charge in [0.25, 0.3) is 0 Å². The van der Waals surface area contributed by atoms with Crippen LogP contribution in [0.25, 0.3) is 0 Å². The van der Waals surface area contributed by atoms with Gasteiger partial charge in [0.1, 0.15) is 0 Å². The normalized spacial score (nSPS) is 23.9. The van der Waals surface area contributed by atoms with Crippen LogP contribution in [-0.4, -0.2) is 43.6 Å². The molecular weight excluding hydrogens is 190 g/mol. The summed E-state index contributed by atoms with van der Waals surface area (Å²) in [7, 11) is 2.15. The van der Waals surface area contributed by atoms with Crippen molar-refractivity contribution >= 4 is 5.96 Å². The van der Waals surface area contributed by atoms with Crippen molar-refractivity contribution in [3.63, 3.8) is 0 Å². The predicted molar refractivity (Wildman–Crippen MR) is 63.6 cm³/mol. The van der Waals surface area contributed by atoms with Gasteiger partial charge in [-0.25, -0.2) is 5.84 Å². The van der Waals surface area contributed by atoms with Crippen molar-refractivity contribution < 1.29 is 0 Å². The van der Waals surface area contributed by atoms with E-state index < -0.39 is 0 Å². The predicted octanol–water partition coefficient (Wildman–Crippen LogP) is -0.100. The average molecular weight is 213 g/mol. The quantitative estimate of drug-likeness (QED) is 0.265. The van der Waals surface area contributed by atoms with Crippen molar-refractivity contribution in [2.75, 3.05) is 26.7 Å². The monoisotopic (exact) mass is 213 g/mol. The van der Waals surface area contributed by atoms with Gasteiger partial charge in [-0.05, 0) is 32.9 Å². The number of nitrogens with zero attached hydrogens (tertiary/aromatic N) is 2. The number of likely N-dealkylation sites (tertiary alicyclic amines) is 1. The highest BCUT2D eigenvalue weighted by Gasteiger charge is 2.17. The Bertz CT molecular complexity index is 204. The van der Waals surface area contributed by atoms with E-state index in [9.17, 15) is 0 Å². The van der Waals surface area contributed by atoms with Crippen LogP contribution in [0.5, 0.6) is 0 Å². The molecule has 0 amide bonds. The van der Waals surface area contributed by atoms with Gasteiger partial charge in [-0.2, -0.15) is 0 Å². The van der Waals surface area contributed by atoms with Crippen LogP contribution in [0.4, 0.5) is 0 Å². The summed E-state index contributed by atoms with van der Waals surface area (Å²) in [4.78, 5) is 6.66. The Labute approximate surface area is 92.1 Å². The molecule has 0 aliphatic carbocycles. The molecule has 5 nitrogen and oxygen atoms in total. The van der Waals surface area contributed by atoms with Crippen LogP contribution < -0.4 is 16.6 Å². The first kappa shape index (κ1) is 12.3. The van der Waals surface area contributed by atoms with Crippen molar-refractivity contribution in [1.29, 1.82) is 0 Å². The second kappa shape index (κ2) is 6.63. The molecule has 15 heavy (non-hydrogen) atoms. The third kappa shape index (κ3) is 4.48. The van der Waals surface area contributed by atoms with Gasteiger partial charge in [0.15, 0.2) is 0 Å². The van der Waals surface area contributed by atoms with Gasteiger partial charge in [0, 0.05) is 19.1 Å². The van der Waals surface area contributed by atoms with E-state index in [-0.39, 0.29) is 0 Å². The minimum absolute atomic E-state index is 0.468. The summed E-state index contributed by atoms with van der Waals surface area (Å²) < 4.78 is 0. The fraction of sp³-hybridized carbons (Fsp3) is 0.900. The molecule has 1 rings (SSSR count). The first-order chi connectivity index (χ1) is 7.26. The lowest BCUT2D eigenvalue weighted by molar-refractivity contribution is 0.240. The molecule has 0 aromatic rings. The Kier molecular flexibility index (Phi) is 5.42. The molecule has 4 N–H and O–H groups in total. The zero-order chi connectivity index (χ0) is 11.1. The molecule has 1 aliphatic heterocycles. The van der Waals surface area contributed by atoms with Crippen LogP contribution in [0.15, 0.2) is 4.99 Å². The molecule has 0 radical (unpaired) electrons. The molecule has 1 atom stereocenters. The van der Waals surface area contributed by atoms with Crippen LogP contribution in [0.1, 0.15) is 26.2 Å². The molecule has 1 fully saturated rings. The van der Waals surface area contributed by atoms with Gasteiger partial charge in [0.2, 0.25) is 5.96 Å². The SMILES string of the molecule is CCCN=C(NN)NC1CCCN(C)C1. The second-order valence-electron chi connectivity index (χ2n) is 4.12. The Morgan fingerprint density at radius 3 is 3.00 bits per heavy atom. The van der Waals surface area contributed by atoms with Crippen LogP contribution in [0.2, 0.25) is 0 Å². The lowest BCUT2D eigenvalue weighted by atomic mass is 10.1. The number of hydrogen-bond donors (Lipinski definition) is 3. The number of guanidine groups is 1. The third-order valence-corrected chi connectivity index (χ3v) is 2.60. The van der Waals surface area contributed by atoms with Gasteiger partial charge in [-0.15, -0.1) is 0 Å². The highest BCUT2D eigenvalue weighted by atomic mass is 15.3. The molecule has 1 unspecified atom stereocenters. The van der Waals surface area contributed by atoms with Gasteiger partial charge in [-0.3, -0.25) is 10.4 Å². The van der Waals surface area contributed by atoms with Crippen molar-refractivity contribution in [2.45, 2.75) is 32.2 Å². The molecule has 88 valence electrons. The molecule has 0 spiro atoms. The first-order valence-electron chi connectivity index (χ1n) is 5.72. The van der Waals surface area contributed by atoms with E-state index in [1.807, 2.05) is 0 Å². The van der Waals surface area contributed by atoms with Gasteiger partial charge < -0.3 is 10.2 Å². The fourth-order valence-corrected chi connectivity index (χ4v) is 1.83. The molecule has 1 saturated heterocycles. The Morgan fingerprint density at radius 2 is 2.40 bits per heavy atom. The van der Waals surface area contributed by atoms with Crippen molar-refractivity contribution in [2.24, 2.45) is 10.8 Å². The molecule has 0 aromatic carbocycles. The van der Waals surface area contributed by atoms with E-state index in [4.69, 9.17) is 5.84 Å². The zero-order valence-corrected chi connectivity index (χ0v) is 9.79. The highest BCUT2D eigenvalue weighted by molar-refractivity contribution is 5.79. The summed E-state index contributed by atoms with van der Waals surface area (Å²) in [6.45, 7) is 5.17. The first-order valence-corrected chi connectivity index (χ1v) is 5.72. The minimum atomic E-state index is 0.468. The smallest absolute Gasteiger partial charge is 0.205 e. The van der Waals surface area contributed by atoms with Crippen LogP contribution in [0, 0.1) is 0 Å². The number of rotatable bonds is 3. The summed E-state index contributed by atoms with van der Waals surface area (Å²) in [5.74, 6) is 6.13. The lowest BCUT2D eigenvalue weighted by Crippen LogP contribution is -2.51. The number of piperidine rings is 1. The number of nitrogens with two attached hydrogens (primary N) is 1. The van der Waals surface area contributed by atoms with Crippen LogP contribution in [0.3, 0.4) is 0 Å². The molecule has 1 heterocycles. The average Bonchev–Trinajstić information content (AvgIpc) is 2.24. The summed E-state index contributed by atoms with van der Waals surface area (Å²) in [5.41, 5.74) is 2.62. The largest absolute Gasteiger partial charge is 0.351 e.